The fourth-order valence-electron chi connectivity index (χ4n) is 2.42. The number of halogens is 2. The first kappa shape index (κ1) is 24.2. The van der Waals surface area contributed by atoms with Crippen molar-refractivity contribution in [3.05, 3.63) is 52.0 Å². The van der Waals surface area contributed by atoms with Crippen molar-refractivity contribution < 1.29 is 24.1 Å². The highest BCUT2D eigenvalue weighted by molar-refractivity contribution is 7.78. The van der Waals surface area contributed by atoms with Gasteiger partial charge in [-0.3, -0.25) is 0 Å². The second-order valence-electron chi connectivity index (χ2n) is 5.89. The van der Waals surface area contributed by atoms with Crippen LogP contribution in [0.15, 0.2) is 36.4 Å². The molecule has 0 aliphatic heterocycles. The molecule has 7 nitrogen and oxygen atoms in total. The summed E-state index contributed by atoms with van der Waals surface area (Å²) in [6.45, 7) is 2.74. The molecule has 0 aliphatic carbocycles. The van der Waals surface area contributed by atoms with Crippen LogP contribution >= 0.6 is 35.4 Å². The Hall–Kier alpha value is -2.10. The number of carboxylic acid groups (broad SMARTS) is 1. The number of carboxylic acids is 1. The lowest BCUT2D eigenvalue weighted by Crippen LogP contribution is -2.18. The average Bonchev–Trinajstić information content (AvgIpc) is 2.71. The molecule has 2 aromatic carbocycles. The Labute approximate surface area is 190 Å². The van der Waals surface area contributed by atoms with Gasteiger partial charge < -0.3 is 30.0 Å². The highest BCUT2D eigenvalue weighted by atomic mass is 35.5. The Balaban J connectivity index is 1.81. The van der Waals surface area contributed by atoms with Gasteiger partial charge in [-0.15, -0.1) is 0 Å². The number of benzene rings is 2. The molecule has 0 aromatic heterocycles. The first-order valence-corrected chi connectivity index (χ1v) is 10.3. The van der Waals surface area contributed by atoms with Crippen molar-refractivity contribution in [3.63, 3.8) is 0 Å². The van der Waals surface area contributed by atoms with E-state index in [1.807, 2.05) is 0 Å². The van der Waals surface area contributed by atoms with E-state index in [0.29, 0.717) is 60.1 Å². The van der Waals surface area contributed by atoms with Crippen LogP contribution in [0, 0.1) is 0 Å². The Bertz CT molecular complexity index is 831. The molecule has 0 bridgehead atoms. The zero-order valence-corrected chi connectivity index (χ0v) is 18.4. The summed E-state index contributed by atoms with van der Waals surface area (Å²) in [7, 11) is 0. The molecule has 30 heavy (non-hydrogen) atoms. The summed E-state index contributed by atoms with van der Waals surface area (Å²) in [6.07, 6.45) is 0. The van der Waals surface area contributed by atoms with E-state index in [1.54, 1.807) is 30.3 Å². The summed E-state index contributed by atoms with van der Waals surface area (Å²) in [6, 6.07) is 9.78. The van der Waals surface area contributed by atoms with Gasteiger partial charge in [-0.1, -0.05) is 47.6 Å². The molecule has 0 atom stereocenters. The SMILES string of the molecule is O=C(O)c1ccccc1Nc1cc(Cl)c(OCCOCCOCCNC=S)c(Cl)c1. The molecule has 0 aliphatic rings. The summed E-state index contributed by atoms with van der Waals surface area (Å²) in [5, 5.41) is 15.8. The van der Waals surface area contributed by atoms with E-state index in [4.69, 9.17) is 37.4 Å². The fraction of sp³-hybridized carbons (Fsp3) is 0.300. The van der Waals surface area contributed by atoms with Crippen LogP contribution in [0.25, 0.3) is 0 Å². The van der Waals surface area contributed by atoms with Gasteiger partial charge in [-0.25, -0.2) is 4.79 Å². The molecule has 3 N–H and O–H groups in total. The van der Waals surface area contributed by atoms with Crippen molar-refractivity contribution >= 4 is 58.3 Å². The minimum absolute atomic E-state index is 0.140. The van der Waals surface area contributed by atoms with Crippen molar-refractivity contribution in [2.45, 2.75) is 0 Å². The topological polar surface area (TPSA) is 89.1 Å². The fourth-order valence-corrected chi connectivity index (χ4v) is 3.13. The Morgan fingerprint density at radius 1 is 1.03 bits per heavy atom. The van der Waals surface area contributed by atoms with Gasteiger partial charge in [-0.05, 0) is 24.3 Å². The number of carbonyl (C=O) groups is 1. The predicted molar refractivity (Wildman–Crippen MR) is 122 cm³/mol. The summed E-state index contributed by atoms with van der Waals surface area (Å²) < 4.78 is 16.4. The van der Waals surface area contributed by atoms with E-state index in [9.17, 15) is 9.90 Å². The van der Waals surface area contributed by atoms with E-state index < -0.39 is 5.97 Å². The van der Waals surface area contributed by atoms with Crippen LogP contribution in [0.4, 0.5) is 11.4 Å². The standard InChI is InChI=1S/C20H22Cl2N2O5S/c21-16-11-14(24-18-4-2-1-3-15(18)20(25)26)12-17(22)19(16)29-10-9-28-8-7-27-6-5-23-13-30/h1-4,11-13,24H,5-10H2,(H,23,30)(H,25,26). The molecule has 0 unspecified atom stereocenters. The summed E-state index contributed by atoms with van der Waals surface area (Å²) in [5.74, 6) is -0.700. The number of ether oxygens (including phenoxy) is 3. The number of aromatic carboxylic acids is 1. The van der Waals surface area contributed by atoms with E-state index in [-0.39, 0.29) is 12.2 Å². The minimum atomic E-state index is -1.03. The number of hydrogen-bond donors (Lipinski definition) is 3. The Morgan fingerprint density at radius 3 is 2.33 bits per heavy atom. The van der Waals surface area contributed by atoms with Gasteiger partial charge >= 0.3 is 5.97 Å². The normalized spacial score (nSPS) is 10.5. The quantitative estimate of drug-likeness (QED) is 0.275. The van der Waals surface area contributed by atoms with E-state index in [1.165, 1.54) is 11.6 Å². The van der Waals surface area contributed by atoms with Gasteiger partial charge in [0.2, 0.25) is 0 Å². The van der Waals surface area contributed by atoms with E-state index in [0.717, 1.165) is 0 Å². The van der Waals surface area contributed by atoms with Crippen molar-refractivity contribution in [2.24, 2.45) is 0 Å². The van der Waals surface area contributed by atoms with Crippen LogP contribution in [0.1, 0.15) is 10.4 Å². The maximum atomic E-state index is 11.3. The third-order valence-corrected chi connectivity index (χ3v) is 4.48. The first-order chi connectivity index (χ1) is 14.5. The van der Waals surface area contributed by atoms with Gasteiger partial charge in [0, 0.05) is 12.2 Å². The number of thiocarbonyl (C=S) groups is 1. The number of nitrogens with one attached hydrogen (secondary N) is 2. The molecule has 0 heterocycles. The van der Waals surface area contributed by atoms with E-state index in [2.05, 4.69) is 22.9 Å². The third-order valence-electron chi connectivity index (χ3n) is 3.75. The molecule has 0 saturated heterocycles. The lowest BCUT2D eigenvalue weighted by atomic mass is 10.1. The Morgan fingerprint density at radius 2 is 1.67 bits per heavy atom. The summed E-state index contributed by atoms with van der Waals surface area (Å²) in [4.78, 5) is 11.3. The summed E-state index contributed by atoms with van der Waals surface area (Å²) >= 11 is 17.2. The lowest BCUT2D eigenvalue weighted by Gasteiger charge is -2.14. The van der Waals surface area contributed by atoms with Gasteiger partial charge in [0.1, 0.15) is 6.61 Å². The molecule has 0 spiro atoms. The van der Waals surface area contributed by atoms with Crippen LogP contribution in [0.5, 0.6) is 5.75 Å². The minimum Gasteiger partial charge on any atom is -0.488 e. The second kappa shape index (κ2) is 13.3. The smallest absolute Gasteiger partial charge is 0.337 e. The predicted octanol–water partition coefficient (Wildman–Crippen LogP) is 4.39. The Kier molecular flexibility index (Phi) is 10.7. The molecule has 0 radical (unpaired) electrons. The van der Waals surface area contributed by atoms with Crippen molar-refractivity contribution in [2.75, 3.05) is 44.9 Å². The van der Waals surface area contributed by atoms with Crippen molar-refractivity contribution in [3.8, 4) is 5.75 Å². The van der Waals surface area contributed by atoms with E-state index >= 15 is 0 Å². The van der Waals surface area contributed by atoms with Crippen LogP contribution in [-0.2, 0) is 9.47 Å². The molecule has 2 rings (SSSR count). The zero-order valence-electron chi connectivity index (χ0n) is 16.0. The summed E-state index contributed by atoms with van der Waals surface area (Å²) in [5.41, 5.74) is 2.56. The van der Waals surface area contributed by atoms with Crippen molar-refractivity contribution in [1.82, 2.24) is 5.32 Å². The first-order valence-electron chi connectivity index (χ1n) is 9.06. The number of anilines is 2. The monoisotopic (exact) mass is 472 g/mol. The molecule has 0 saturated carbocycles. The lowest BCUT2D eigenvalue weighted by molar-refractivity contribution is 0.0381. The highest BCUT2D eigenvalue weighted by Crippen LogP contribution is 2.37. The molecule has 2 aromatic rings. The highest BCUT2D eigenvalue weighted by Gasteiger charge is 2.13. The van der Waals surface area contributed by atoms with Crippen LogP contribution < -0.4 is 15.4 Å². The molecule has 162 valence electrons. The van der Waals surface area contributed by atoms with Crippen LogP contribution in [-0.4, -0.2) is 56.1 Å². The largest absolute Gasteiger partial charge is 0.488 e. The number of para-hydroxylation sites is 1. The molecule has 0 amide bonds. The molecular formula is C20H22Cl2N2O5S. The average molecular weight is 473 g/mol. The zero-order chi connectivity index (χ0) is 21.8. The third kappa shape index (κ3) is 7.97. The van der Waals surface area contributed by atoms with Gasteiger partial charge in [0.05, 0.1) is 53.2 Å². The molecular weight excluding hydrogens is 451 g/mol. The molecule has 0 fully saturated rings. The van der Waals surface area contributed by atoms with Crippen LogP contribution in [0.2, 0.25) is 10.0 Å². The second-order valence-corrected chi connectivity index (χ2v) is 6.94. The van der Waals surface area contributed by atoms with Crippen LogP contribution in [0.3, 0.4) is 0 Å². The number of hydrogen-bond acceptors (Lipinski definition) is 6. The maximum absolute atomic E-state index is 11.3. The number of rotatable bonds is 14. The van der Waals surface area contributed by atoms with Crippen molar-refractivity contribution in [1.29, 1.82) is 0 Å². The van der Waals surface area contributed by atoms with Gasteiger partial charge in [-0.2, -0.15) is 0 Å². The molecule has 10 heteroatoms. The van der Waals surface area contributed by atoms with Gasteiger partial charge in [0.25, 0.3) is 0 Å². The van der Waals surface area contributed by atoms with Gasteiger partial charge in [0.15, 0.2) is 5.75 Å². The maximum Gasteiger partial charge on any atom is 0.337 e.